The minimum atomic E-state index is 0.844. The summed E-state index contributed by atoms with van der Waals surface area (Å²) in [5, 5.41) is 3.03. The molecule has 0 aliphatic heterocycles. The zero-order chi connectivity index (χ0) is 11.6. The van der Waals surface area contributed by atoms with Gasteiger partial charge in [-0.2, -0.15) is 0 Å². The third kappa shape index (κ3) is 3.11. The maximum absolute atomic E-state index is 2.32. The molecule has 1 rings (SSSR count). The van der Waals surface area contributed by atoms with E-state index in [-0.39, 0.29) is 0 Å². The highest BCUT2D eigenvalue weighted by atomic mass is 31.0. The Bertz CT molecular complexity index is 370. The molecule has 1 aromatic rings. The standard InChI is InChI=1S/C14H21P/c1-9(2)7-13-11(5)12(6)14(15-13)8-10(3)4/h7-8,15H,1-6H3. The van der Waals surface area contributed by atoms with E-state index in [1.54, 1.807) is 0 Å². The predicted octanol–water partition coefficient (Wildman–Crippen LogP) is 5.18. The molecule has 1 heteroatoms. The second kappa shape index (κ2) is 4.86. The number of allylic oxidation sites excluding steroid dienone is 2. The van der Waals surface area contributed by atoms with Crippen LogP contribution in [0.4, 0.5) is 0 Å². The number of rotatable bonds is 2. The van der Waals surface area contributed by atoms with Crippen molar-refractivity contribution in [2.24, 2.45) is 0 Å². The Morgan fingerprint density at radius 1 is 0.800 bits per heavy atom. The van der Waals surface area contributed by atoms with Gasteiger partial charge in [-0.3, -0.25) is 0 Å². The fourth-order valence-electron chi connectivity index (χ4n) is 1.60. The highest BCUT2D eigenvalue weighted by Gasteiger charge is 2.06. The van der Waals surface area contributed by atoms with Crippen LogP contribution in [0.15, 0.2) is 11.1 Å². The molecule has 82 valence electrons. The van der Waals surface area contributed by atoms with E-state index in [4.69, 9.17) is 0 Å². The Hall–Kier alpha value is -0.740. The molecule has 0 nitrogen and oxygen atoms in total. The lowest BCUT2D eigenvalue weighted by Gasteiger charge is -1.95. The number of hydrogen-bond donors (Lipinski definition) is 0. The van der Waals surface area contributed by atoms with E-state index in [2.05, 4.69) is 53.7 Å². The van der Waals surface area contributed by atoms with Gasteiger partial charge >= 0.3 is 0 Å². The molecule has 0 saturated heterocycles. The van der Waals surface area contributed by atoms with Gasteiger partial charge in [-0.05, 0) is 63.3 Å². The van der Waals surface area contributed by atoms with Crippen molar-refractivity contribution in [2.45, 2.75) is 41.5 Å². The van der Waals surface area contributed by atoms with Crippen LogP contribution in [0.25, 0.3) is 12.2 Å². The normalized spacial score (nSPS) is 10.0. The molecule has 0 radical (unpaired) electrons. The Labute approximate surface area is 95.2 Å². The Morgan fingerprint density at radius 2 is 1.13 bits per heavy atom. The van der Waals surface area contributed by atoms with E-state index < -0.39 is 0 Å². The summed E-state index contributed by atoms with van der Waals surface area (Å²) in [5.74, 6) is 0. The molecule has 0 saturated carbocycles. The molecule has 0 aromatic carbocycles. The first-order valence-corrected chi connectivity index (χ1v) is 6.40. The summed E-state index contributed by atoms with van der Waals surface area (Å²) in [6, 6.07) is 0. The van der Waals surface area contributed by atoms with Gasteiger partial charge in [0, 0.05) is 0 Å². The maximum Gasteiger partial charge on any atom is -0.00533 e. The Kier molecular flexibility index (Phi) is 3.99. The summed E-state index contributed by atoms with van der Waals surface area (Å²) in [4.78, 5) is 0. The van der Waals surface area contributed by atoms with Crippen molar-refractivity contribution in [1.82, 2.24) is 0 Å². The monoisotopic (exact) mass is 220 g/mol. The fraction of sp³-hybridized carbons (Fsp3) is 0.429. The third-order valence-corrected chi connectivity index (χ3v) is 4.08. The average Bonchev–Trinajstić information content (AvgIpc) is 2.32. The quantitative estimate of drug-likeness (QED) is 0.644. The first-order valence-electron chi connectivity index (χ1n) is 5.40. The van der Waals surface area contributed by atoms with Crippen LogP contribution < -0.4 is 0 Å². The van der Waals surface area contributed by atoms with Crippen LogP contribution in [0, 0.1) is 13.8 Å². The molecule has 0 aliphatic carbocycles. The van der Waals surface area contributed by atoms with Crippen LogP contribution in [-0.4, -0.2) is 0 Å². The van der Waals surface area contributed by atoms with E-state index in [1.165, 1.54) is 32.9 Å². The SMILES string of the molecule is CC(C)=Cc1[pH]c(C=C(C)C)c(C)c1C. The van der Waals surface area contributed by atoms with Crippen molar-refractivity contribution in [3.05, 3.63) is 32.9 Å². The summed E-state index contributed by atoms with van der Waals surface area (Å²) in [5.41, 5.74) is 5.73. The molecule has 0 unspecified atom stereocenters. The topological polar surface area (TPSA) is 0 Å². The fourth-order valence-corrected chi connectivity index (χ4v) is 3.36. The molecular weight excluding hydrogens is 199 g/mol. The Morgan fingerprint density at radius 3 is 1.40 bits per heavy atom. The molecule has 1 heterocycles. The summed E-state index contributed by atoms with van der Waals surface area (Å²) < 4.78 is 0. The largest absolute Gasteiger partial charge is 0.124 e. The molecule has 0 aliphatic rings. The molecule has 0 N–H and O–H groups in total. The zero-order valence-electron chi connectivity index (χ0n) is 10.7. The number of hydrogen-bond acceptors (Lipinski definition) is 0. The van der Waals surface area contributed by atoms with E-state index >= 15 is 0 Å². The van der Waals surface area contributed by atoms with Gasteiger partial charge in [0.05, 0.1) is 0 Å². The first-order chi connectivity index (χ1) is 6.91. The van der Waals surface area contributed by atoms with Crippen molar-refractivity contribution < 1.29 is 0 Å². The molecule has 0 bridgehead atoms. The van der Waals surface area contributed by atoms with Crippen molar-refractivity contribution in [3.63, 3.8) is 0 Å². The molecule has 1 aromatic heterocycles. The highest BCUT2D eigenvalue weighted by Crippen LogP contribution is 2.35. The summed E-state index contributed by atoms with van der Waals surface area (Å²) in [6.07, 6.45) is 4.65. The minimum Gasteiger partial charge on any atom is -0.124 e. The van der Waals surface area contributed by atoms with Crippen LogP contribution in [0.1, 0.15) is 49.4 Å². The van der Waals surface area contributed by atoms with Crippen LogP contribution in [-0.2, 0) is 0 Å². The smallest absolute Gasteiger partial charge is 0.00533 e. The summed E-state index contributed by atoms with van der Waals surface area (Å²) in [7, 11) is 0.844. The van der Waals surface area contributed by atoms with Gasteiger partial charge in [-0.15, -0.1) is 8.19 Å². The van der Waals surface area contributed by atoms with Gasteiger partial charge in [0.2, 0.25) is 0 Å². The third-order valence-electron chi connectivity index (χ3n) is 2.51. The summed E-state index contributed by atoms with van der Waals surface area (Å²) >= 11 is 0. The van der Waals surface area contributed by atoms with Gasteiger partial charge in [0.1, 0.15) is 0 Å². The van der Waals surface area contributed by atoms with Gasteiger partial charge < -0.3 is 0 Å². The second-order valence-electron chi connectivity index (χ2n) is 4.65. The van der Waals surface area contributed by atoms with Crippen LogP contribution in [0.3, 0.4) is 0 Å². The zero-order valence-corrected chi connectivity index (χ0v) is 11.7. The van der Waals surface area contributed by atoms with Gasteiger partial charge in [0.15, 0.2) is 0 Å². The highest BCUT2D eigenvalue weighted by molar-refractivity contribution is 7.33. The van der Waals surface area contributed by atoms with E-state index in [1.807, 2.05) is 0 Å². The minimum absolute atomic E-state index is 0.844. The molecule has 15 heavy (non-hydrogen) atoms. The lowest BCUT2D eigenvalue weighted by atomic mass is 10.1. The van der Waals surface area contributed by atoms with Crippen LogP contribution >= 0.6 is 8.19 Å². The molecular formula is C14H21P. The molecule has 0 fully saturated rings. The van der Waals surface area contributed by atoms with Crippen LogP contribution in [0.5, 0.6) is 0 Å². The second-order valence-corrected chi connectivity index (χ2v) is 5.97. The average molecular weight is 220 g/mol. The van der Waals surface area contributed by atoms with Crippen molar-refractivity contribution in [2.75, 3.05) is 0 Å². The molecule has 0 amide bonds. The van der Waals surface area contributed by atoms with Gasteiger partial charge in [-0.1, -0.05) is 23.3 Å². The Balaban J connectivity index is 3.24. The first kappa shape index (κ1) is 12.3. The van der Waals surface area contributed by atoms with Gasteiger partial charge in [-0.25, -0.2) is 0 Å². The van der Waals surface area contributed by atoms with E-state index in [0.29, 0.717) is 0 Å². The van der Waals surface area contributed by atoms with Crippen LogP contribution in [0.2, 0.25) is 0 Å². The van der Waals surface area contributed by atoms with E-state index in [9.17, 15) is 0 Å². The lowest BCUT2D eigenvalue weighted by molar-refractivity contribution is 1.36. The van der Waals surface area contributed by atoms with E-state index in [0.717, 1.165) is 8.19 Å². The van der Waals surface area contributed by atoms with Crippen molar-refractivity contribution in [3.8, 4) is 0 Å². The predicted molar refractivity (Wildman–Crippen MR) is 74.1 cm³/mol. The lowest BCUT2D eigenvalue weighted by Crippen LogP contribution is -1.77. The van der Waals surface area contributed by atoms with Crippen molar-refractivity contribution >= 4 is 20.3 Å². The van der Waals surface area contributed by atoms with Gasteiger partial charge in [0.25, 0.3) is 0 Å². The van der Waals surface area contributed by atoms with Crippen molar-refractivity contribution in [1.29, 1.82) is 0 Å². The summed E-state index contributed by atoms with van der Waals surface area (Å²) in [6.45, 7) is 13.1. The molecule has 0 spiro atoms. The maximum atomic E-state index is 2.32. The molecule has 0 atom stereocenters.